The van der Waals surface area contributed by atoms with E-state index in [4.69, 9.17) is 5.73 Å². The Bertz CT molecular complexity index is 818. The zero-order valence-electron chi connectivity index (χ0n) is 12.8. The van der Waals surface area contributed by atoms with E-state index in [-0.39, 0.29) is 0 Å². The molecule has 22 heavy (non-hydrogen) atoms. The summed E-state index contributed by atoms with van der Waals surface area (Å²) in [5.41, 5.74) is 11.0. The Balaban J connectivity index is 1.94. The van der Waals surface area contributed by atoms with Crippen LogP contribution in [0.2, 0.25) is 0 Å². The van der Waals surface area contributed by atoms with Crippen LogP contribution in [0.3, 0.4) is 0 Å². The van der Waals surface area contributed by atoms with Crippen LogP contribution in [-0.4, -0.2) is 19.1 Å². The number of anilines is 2. The summed E-state index contributed by atoms with van der Waals surface area (Å²) in [4.78, 5) is 6.45. The minimum atomic E-state index is 0.711. The molecule has 2 aromatic carbocycles. The molecule has 0 bridgehead atoms. The molecule has 0 aliphatic rings. The Morgan fingerprint density at radius 1 is 0.955 bits per heavy atom. The molecule has 0 saturated heterocycles. The van der Waals surface area contributed by atoms with E-state index >= 15 is 0 Å². The van der Waals surface area contributed by atoms with Gasteiger partial charge in [-0.25, -0.2) is 0 Å². The lowest BCUT2D eigenvalue weighted by molar-refractivity contribution is 1.13. The smallest absolute Gasteiger partial charge is 0.0937 e. The van der Waals surface area contributed by atoms with E-state index in [2.05, 4.69) is 46.3 Å². The summed E-state index contributed by atoms with van der Waals surface area (Å²) in [7, 11) is 4.08. The molecule has 0 saturated carbocycles. The largest absolute Gasteiger partial charge is 0.397 e. The van der Waals surface area contributed by atoms with E-state index in [1.165, 1.54) is 11.3 Å². The molecule has 1 aromatic heterocycles. The molecule has 3 nitrogen and oxygen atoms in total. The molecule has 0 unspecified atom stereocenters. The van der Waals surface area contributed by atoms with Crippen molar-refractivity contribution in [3.05, 3.63) is 65.9 Å². The third-order valence-corrected chi connectivity index (χ3v) is 3.70. The SMILES string of the molecule is CN(C)c1ccc(/C=C\c2ccnc3c(N)cccc23)cc1. The maximum atomic E-state index is 5.99. The number of nitrogen functional groups attached to an aromatic ring is 1. The second-order valence-corrected chi connectivity index (χ2v) is 5.46. The number of hydrogen-bond acceptors (Lipinski definition) is 3. The average Bonchev–Trinajstić information content (AvgIpc) is 2.54. The first-order valence-corrected chi connectivity index (χ1v) is 7.24. The van der Waals surface area contributed by atoms with Crippen LogP contribution in [0.4, 0.5) is 11.4 Å². The minimum absolute atomic E-state index is 0.711. The summed E-state index contributed by atoms with van der Waals surface area (Å²) in [6, 6.07) is 16.4. The van der Waals surface area contributed by atoms with Gasteiger partial charge in [0.05, 0.1) is 11.2 Å². The normalized spacial score (nSPS) is 11.2. The van der Waals surface area contributed by atoms with Crippen LogP contribution in [0.1, 0.15) is 11.1 Å². The molecule has 0 fully saturated rings. The lowest BCUT2D eigenvalue weighted by atomic mass is 10.1. The summed E-state index contributed by atoms with van der Waals surface area (Å²) in [6.45, 7) is 0. The monoisotopic (exact) mass is 289 g/mol. The van der Waals surface area contributed by atoms with Gasteiger partial charge in [0.25, 0.3) is 0 Å². The topological polar surface area (TPSA) is 42.2 Å². The molecule has 3 heteroatoms. The predicted molar refractivity (Wildman–Crippen MR) is 95.9 cm³/mol. The molecule has 0 amide bonds. The van der Waals surface area contributed by atoms with E-state index in [1.54, 1.807) is 6.20 Å². The van der Waals surface area contributed by atoms with Crippen LogP contribution in [0, 0.1) is 0 Å². The maximum Gasteiger partial charge on any atom is 0.0937 e. The fourth-order valence-corrected chi connectivity index (χ4v) is 2.44. The highest BCUT2D eigenvalue weighted by molar-refractivity contribution is 5.96. The summed E-state index contributed by atoms with van der Waals surface area (Å²) in [5, 5.41) is 1.07. The molecule has 0 aliphatic heterocycles. The van der Waals surface area contributed by atoms with Crippen molar-refractivity contribution in [2.75, 3.05) is 24.7 Å². The van der Waals surface area contributed by atoms with Gasteiger partial charge in [-0.15, -0.1) is 0 Å². The number of para-hydroxylation sites is 1. The van der Waals surface area contributed by atoms with Crippen molar-refractivity contribution in [3.63, 3.8) is 0 Å². The number of pyridine rings is 1. The Labute approximate surface area is 130 Å². The summed E-state index contributed by atoms with van der Waals surface area (Å²) in [6.07, 6.45) is 6.01. The van der Waals surface area contributed by atoms with Gasteiger partial charge in [0.1, 0.15) is 0 Å². The number of rotatable bonds is 3. The molecule has 0 aliphatic carbocycles. The van der Waals surface area contributed by atoms with Gasteiger partial charge in [0.15, 0.2) is 0 Å². The standard InChI is InChI=1S/C19H19N3/c1-22(2)16-10-7-14(8-11-16)6-9-15-12-13-21-19-17(15)4-3-5-18(19)20/h3-13H,20H2,1-2H3/b9-6-. The highest BCUT2D eigenvalue weighted by atomic mass is 15.1. The van der Waals surface area contributed by atoms with Gasteiger partial charge in [0, 0.05) is 31.4 Å². The van der Waals surface area contributed by atoms with Crippen LogP contribution < -0.4 is 10.6 Å². The number of benzene rings is 2. The number of hydrogen-bond donors (Lipinski definition) is 1. The summed E-state index contributed by atoms with van der Waals surface area (Å²) >= 11 is 0. The fourth-order valence-electron chi connectivity index (χ4n) is 2.44. The van der Waals surface area contributed by atoms with E-state index < -0.39 is 0 Å². The fraction of sp³-hybridized carbons (Fsp3) is 0.105. The zero-order valence-corrected chi connectivity index (χ0v) is 12.8. The maximum absolute atomic E-state index is 5.99. The summed E-state index contributed by atoms with van der Waals surface area (Å²) in [5.74, 6) is 0. The Hall–Kier alpha value is -2.81. The van der Waals surface area contributed by atoms with Gasteiger partial charge < -0.3 is 10.6 Å². The van der Waals surface area contributed by atoms with Crippen molar-refractivity contribution in [2.45, 2.75) is 0 Å². The summed E-state index contributed by atoms with van der Waals surface area (Å²) < 4.78 is 0. The first-order valence-electron chi connectivity index (χ1n) is 7.24. The van der Waals surface area contributed by atoms with Gasteiger partial charge in [-0.2, -0.15) is 0 Å². The molecule has 1 heterocycles. The lowest BCUT2D eigenvalue weighted by Crippen LogP contribution is -2.07. The second-order valence-electron chi connectivity index (χ2n) is 5.46. The number of aromatic nitrogens is 1. The first kappa shape index (κ1) is 14.1. The van der Waals surface area contributed by atoms with Gasteiger partial charge >= 0.3 is 0 Å². The molecule has 3 aromatic rings. The molecular weight excluding hydrogens is 270 g/mol. The van der Waals surface area contributed by atoms with Crippen molar-refractivity contribution < 1.29 is 0 Å². The van der Waals surface area contributed by atoms with Crippen molar-refractivity contribution in [3.8, 4) is 0 Å². The van der Waals surface area contributed by atoms with Crippen molar-refractivity contribution in [1.29, 1.82) is 0 Å². The molecule has 0 spiro atoms. The Morgan fingerprint density at radius 2 is 1.73 bits per heavy atom. The average molecular weight is 289 g/mol. The van der Waals surface area contributed by atoms with E-state index in [9.17, 15) is 0 Å². The van der Waals surface area contributed by atoms with Crippen LogP contribution >= 0.6 is 0 Å². The number of nitrogens with zero attached hydrogens (tertiary/aromatic N) is 2. The minimum Gasteiger partial charge on any atom is -0.397 e. The van der Waals surface area contributed by atoms with Crippen LogP contribution in [0.5, 0.6) is 0 Å². The molecule has 110 valence electrons. The molecule has 0 radical (unpaired) electrons. The highest BCUT2D eigenvalue weighted by Crippen LogP contribution is 2.23. The van der Waals surface area contributed by atoms with Crippen LogP contribution in [0.25, 0.3) is 23.1 Å². The van der Waals surface area contributed by atoms with Gasteiger partial charge in [-0.3, -0.25) is 4.98 Å². The van der Waals surface area contributed by atoms with Crippen LogP contribution in [0.15, 0.2) is 54.7 Å². The third kappa shape index (κ3) is 2.79. The first-order chi connectivity index (χ1) is 10.6. The van der Waals surface area contributed by atoms with Crippen molar-refractivity contribution >= 4 is 34.4 Å². The van der Waals surface area contributed by atoms with Gasteiger partial charge in [0.2, 0.25) is 0 Å². The Morgan fingerprint density at radius 3 is 2.45 bits per heavy atom. The van der Waals surface area contributed by atoms with Gasteiger partial charge in [-0.1, -0.05) is 36.4 Å². The van der Waals surface area contributed by atoms with E-state index in [1.807, 2.05) is 38.4 Å². The predicted octanol–water partition coefficient (Wildman–Crippen LogP) is 4.05. The van der Waals surface area contributed by atoms with Gasteiger partial charge in [-0.05, 0) is 35.4 Å². The van der Waals surface area contributed by atoms with Crippen molar-refractivity contribution in [2.24, 2.45) is 0 Å². The van der Waals surface area contributed by atoms with E-state index in [0.29, 0.717) is 5.69 Å². The second kappa shape index (κ2) is 5.90. The molecule has 0 atom stereocenters. The molecular formula is C19H19N3. The number of fused-ring (bicyclic) bond motifs is 1. The third-order valence-electron chi connectivity index (χ3n) is 3.70. The quantitative estimate of drug-likeness (QED) is 0.739. The molecule has 3 rings (SSSR count). The van der Waals surface area contributed by atoms with Crippen molar-refractivity contribution in [1.82, 2.24) is 4.98 Å². The highest BCUT2D eigenvalue weighted by Gasteiger charge is 2.01. The van der Waals surface area contributed by atoms with Crippen LogP contribution in [-0.2, 0) is 0 Å². The zero-order chi connectivity index (χ0) is 15.5. The van der Waals surface area contributed by atoms with E-state index in [0.717, 1.165) is 16.5 Å². The number of nitrogens with two attached hydrogens (primary N) is 1. The Kier molecular flexibility index (Phi) is 3.79. The lowest BCUT2D eigenvalue weighted by Gasteiger charge is -2.11. The molecule has 2 N–H and O–H groups in total.